The number of halogens is 2. The normalized spacial score (nSPS) is 18.5. The SMILES string of the molecule is CCC(C)[C@H](c1ccccc1O)N1CCNCC1.Cl.Cl. The molecule has 20 heavy (non-hydrogen) atoms. The maximum atomic E-state index is 10.1. The monoisotopic (exact) mass is 320 g/mol. The van der Waals surface area contributed by atoms with Crippen molar-refractivity contribution in [3.8, 4) is 5.75 Å². The van der Waals surface area contributed by atoms with Crippen LogP contribution in [0, 0.1) is 5.92 Å². The summed E-state index contributed by atoms with van der Waals surface area (Å²) in [7, 11) is 0. The van der Waals surface area contributed by atoms with Crippen molar-refractivity contribution in [2.45, 2.75) is 26.3 Å². The van der Waals surface area contributed by atoms with E-state index in [4.69, 9.17) is 0 Å². The number of nitrogens with one attached hydrogen (secondary N) is 1. The van der Waals surface area contributed by atoms with Crippen LogP contribution in [0.2, 0.25) is 0 Å². The number of para-hydroxylation sites is 1. The molecule has 0 amide bonds. The molecular formula is C15H26Cl2N2O. The highest BCUT2D eigenvalue weighted by Gasteiger charge is 2.27. The summed E-state index contributed by atoms with van der Waals surface area (Å²) in [6.45, 7) is 8.70. The number of aromatic hydroxyl groups is 1. The molecule has 0 radical (unpaired) electrons. The first-order valence-electron chi connectivity index (χ1n) is 6.96. The van der Waals surface area contributed by atoms with Gasteiger partial charge in [-0.15, -0.1) is 24.8 Å². The molecule has 1 fully saturated rings. The number of phenols is 1. The molecule has 2 rings (SSSR count). The van der Waals surface area contributed by atoms with Crippen LogP contribution in [-0.4, -0.2) is 36.2 Å². The number of rotatable bonds is 4. The second kappa shape index (κ2) is 9.46. The minimum absolute atomic E-state index is 0. The van der Waals surface area contributed by atoms with Crippen molar-refractivity contribution in [2.75, 3.05) is 26.2 Å². The maximum absolute atomic E-state index is 10.1. The number of hydrogen-bond acceptors (Lipinski definition) is 3. The molecule has 0 spiro atoms. The number of hydrogen-bond donors (Lipinski definition) is 2. The van der Waals surface area contributed by atoms with Gasteiger partial charge in [0.1, 0.15) is 5.75 Å². The molecule has 2 atom stereocenters. The van der Waals surface area contributed by atoms with Gasteiger partial charge in [0.15, 0.2) is 0 Å². The fourth-order valence-corrected chi connectivity index (χ4v) is 2.78. The molecule has 0 aromatic heterocycles. The molecule has 1 aromatic rings. The molecule has 5 heteroatoms. The van der Waals surface area contributed by atoms with Crippen molar-refractivity contribution in [3.63, 3.8) is 0 Å². The third-order valence-corrected chi connectivity index (χ3v) is 3.98. The van der Waals surface area contributed by atoms with Crippen molar-refractivity contribution in [2.24, 2.45) is 5.92 Å². The van der Waals surface area contributed by atoms with Crippen molar-refractivity contribution in [3.05, 3.63) is 29.8 Å². The Morgan fingerprint density at radius 3 is 2.35 bits per heavy atom. The molecule has 1 heterocycles. The van der Waals surface area contributed by atoms with E-state index in [1.165, 1.54) is 0 Å². The molecule has 0 saturated carbocycles. The van der Waals surface area contributed by atoms with Gasteiger partial charge in [-0.3, -0.25) is 4.90 Å². The van der Waals surface area contributed by atoms with E-state index < -0.39 is 0 Å². The van der Waals surface area contributed by atoms with Crippen LogP contribution in [0.3, 0.4) is 0 Å². The first kappa shape index (κ1) is 19.5. The molecule has 1 unspecified atom stereocenters. The smallest absolute Gasteiger partial charge is 0.120 e. The van der Waals surface area contributed by atoms with E-state index in [2.05, 4.69) is 30.1 Å². The Hall–Kier alpha value is -0.480. The van der Waals surface area contributed by atoms with Crippen LogP contribution in [0.25, 0.3) is 0 Å². The van der Waals surface area contributed by atoms with Gasteiger partial charge in [-0.2, -0.15) is 0 Å². The molecular weight excluding hydrogens is 295 g/mol. The number of nitrogens with zero attached hydrogens (tertiary/aromatic N) is 1. The molecule has 1 aliphatic rings. The van der Waals surface area contributed by atoms with Crippen LogP contribution in [0.15, 0.2) is 24.3 Å². The summed E-state index contributed by atoms with van der Waals surface area (Å²) in [6, 6.07) is 8.11. The van der Waals surface area contributed by atoms with Gasteiger partial charge < -0.3 is 10.4 Å². The van der Waals surface area contributed by atoms with Crippen molar-refractivity contribution >= 4 is 24.8 Å². The van der Waals surface area contributed by atoms with Gasteiger partial charge in [-0.1, -0.05) is 38.5 Å². The fraction of sp³-hybridized carbons (Fsp3) is 0.600. The standard InChI is InChI=1S/C15H24N2O.2ClH/c1-3-12(2)15(17-10-8-16-9-11-17)13-6-4-5-7-14(13)18;;/h4-7,12,15-16,18H,3,8-11H2,1-2H3;2*1H/t12?,15-;;/m1../s1. The lowest BCUT2D eigenvalue weighted by atomic mass is 9.90. The van der Waals surface area contributed by atoms with Crippen LogP contribution in [0.5, 0.6) is 5.75 Å². The Morgan fingerprint density at radius 1 is 1.20 bits per heavy atom. The predicted molar refractivity (Wildman–Crippen MR) is 89.2 cm³/mol. The average molecular weight is 321 g/mol. The highest BCUT2D eigenvalue weighted by atomic mass is 35.5. The van der Waals surface area contributed by atoms with E-state index in [-0.39, 0.29) is 24.8 Å². The van der Waals surface area contributed by atoms with Crippen LogP contribution in [-0.2, 0) is 0 Å². The van der Waals surface area contributed by atoms with Gasteiger partial charge >= 0.3 is 0 Å². The summed E-state index contributed by atoms with van der Waals surface area (Å²) in [5.41, 5.74) is 1.08. The summed E-state index contributed by atoms with van der Waals surface area (Å²) in [4.78, 5) is 2.50. The van der Waals surface area contributed by atoms with Crippen molar-refractivity contribution in [1.29, 1.82) is 0 Å². The highest BCUT2D eigenvalue weighted by Crippen LogP contribution is 2.35. The molecule has 0 bridgehead atoms. The Balaban J connectivity index is 0.00000180. The zero-order valence-electron chi connectivity index (χ0n) is 12.2. The van der Waals surface area contributed by atoms with Crippen LogP contribution in [0.4, 0.5) is 0 Å². The Bertz CT molecular complexity index is 384. The van der Waals surface area contributed by atoms with E-state index in [0.717, 1.165) is 38.2 Å². The Labute approximate surface area is 134 Å². The Morgan fingerprint density at radius 2 is 1.80 bits per heavy atom. The van der Waals surface area contributed by atoms with Crippen LogP contribution < -0.4 is 5.32 Å². The first-order valence-corrected chi connectivity index (χ1v) is 6.96. The van der Waals surface area contributed by atoms with Gasteiger partial charge in [-0.25, -0.2) is 0 Å². The van der Waals surface area contributed by atoms with Crippen LogP contribution >= 0.6 is 24.8 Å². The molecule has 1 aromatic carbocycles. The van der Waals surface area contributed by atoms with Gasteiger partial charge in [0.2, 0.25) is 0 Å². The van der Waals surface area contributed by atoms with Gasteiger partial charge in [0, 0.05) is 37.8 Å². The van der Waals surface area contributed by atoms with Gasteiger partial charge in [-0.05, 0) is 12.0 Å². The lowest BCUT2D eigenvalue weighted by Gasteiger charge is -2.38. The second-order valence-electron chi connectivity index (χ2n) is 5.18. The third kappa shape index (κ3) is 4.52. The van der Waals surface area contributed by atoms with E-state index in [9.17, 15) is 5.11 Å². The molecule has 116 valence electrons. The molecule has 0 aliphatic carbocycles. The number of benzene rings is 1. The molecule has 3 nitrogen and oxygen atoms in total. The largest absolute Gasteiger partial charge is 0.508 e. The third-order valence-electron chi connectivity index (χ3n) is 3.98. The highest BCUT2D eigenvalue weighted by molar-refractivity contribution is 5.85. The summed E-state index contributed by atoms with van der Waals surface area (Å²) in [5.74, 6) is 0.984. The fourth-order valence-electron chi connectivity index (χ4n) is 2.78. The lowest BCUT2D eigenvalue weighted by molar-refractivity contribution is 0.126. The van der Waals surface area contributed by atoms with Crippen LogP contribution in [0.1, 0.15) is 31.9 Å². The first-order chi connectivity index (χ1) is 8.74. The summed E-state index contributed by atoms with van der Waals surface area (Å²) in [5, 5.41) is 13.5. The minimum atomic E-state index is 0. The molecule has 2 N–H and O–H groups in total. The molecule has 1 aliphatic heterocycles. The topological polar surface area (TPSA) is 35.5 Å². The summed E-state index contributed by atoms with van der Waals surface area (Å²) in [6.07, 6.45) is 1.13. The zero-order valence-corrected chi connectivity index (χ0v) is 13.8. The van der Waals surface area contributed by atoms with E-state index >= 15 is 0 Å². The van der Waals surface area contributed by atoms with Gasteiger partial charge in [0.25, 0.3) is 0 Å². The molecule has 1 saturated heterocycles. The Kier molecular flexibility index (Phi) is 9.23. The number of phenolic OH excluding ortho intramolecular Hbond substituents is 1. The van der Waals surface area contributed by atoms with E-state index in [1.54, 1.807) is 6.07 Å². The number of piperazine rings is 1. The lowest BCUT2D eigenvalue weighted by Crippen LogP contribution is -2.46. The maximum Gasteiger partial charge on any atom is 0.120 e. The zero-order chi connectivity index (χ0) is 13.0. The van der Waals surface area contributed by atoms with E-state index in [1.807, 2.05) is 12.1 Å². The van der Waals surface area contributed by atoms with Crippen molar-refractivity contribution in [1.82, 2.24) is 10.2 Å². The average Bonchev–Trinajstić information content (AvgIpc) is 2.42. The van der Waals surface area contributed by atoms with Crippen molar-refractivity contribution < 1.29 is 5.11 Å². The van der Waals surface area contributed by atoms with E-state index in [0.29, 0.717) is 17.7 Å². The summed E-state index contributed by atoms with van der Waals surface area (Å²) < 4.78 is 0. The minimum Gasteiger partial charge on any atom is -0.508 e. The second-order valence-corrected chi connectivity index (χ2v) is 5.18. The summed E-state index contributed by atoms with van der Waals surface area (Å²) >= 11 is 0. The van der Waals surface area contributed by atoms with Gasteiger partial charge in [0.05, 0.1) is 0 Å². The quantitative estimate of drug-likeness (QED) is 0.894. The predicted octanol–water partition coefficient (Wildman–Crippen LogP) is 3.23.